The van der Waals surface area contributed by atoms with E-state index in [1.807, 2.05) is 18.2 Å². The lowest BCUT2D eigenvalue weighted by Gasteiger charge is -2.28. The zero-order valence-electron chi connectivity index (χ0n) is 23.4. The van der Waals surface area contributed by atoms with Crippen LogP contribution < -0.4 is 4.74 Å². The Hall–Kier alpha value is -4.14. The van der Waals surface area contributed by atoms with Crippen molar-refractivity contribution in [2.45, 2.75) is 51.4 Å². The minimum absolute atomic E-state index is 0.142. The van der Waals surface area contributed by atoms with Crippen LogP contribution >= 0.6 is 11.6 Å². The maximum absolute atomic E-state index is 13.7. The van der Waals surface area contributed by atoms with E-state index in [4.69, 9.17) is 30.5 Å². The quantitative estimate of drug-likeness (QED) is 0.184. The first-order valence-electron chi connectivity index (χ1n) is 14.5. The van der Waals surface area contributed by atoms with Gasteiger partial charge in [-0.2, -0.15) is 4.39 Å². The molecule has 1 N–H and O–H groups in total. The van der Waals surface area contributed by atoms with Gasteiger partial charge >= 0.3 is 5.97 Å². The number of allylic oxidation sites excluding steroid dienone is 2. The largest absolute Gasteiger partial charge is 0.489 e. The van der Waals surface area contributed by atoms with Crippen LogP contribution in [0, 0.1) is 11.9 Å². The summed E-state index contributed by atoms with van der Waals surface area (Å²) in [6, 6.07) is 17.3. The van der Waals surface area contributed by atoms with Crippen molar-refractivity contribution in [1.29, 1.82) is 0 Å². The van der Waals surface area contributed by atoms with Crippen LogP contribution in [0.4, 0.5) is 4.39 Å². The van der Waals surface area contributed by atoms with Gasteiger partial charge in [0.2, 0.25) is 0 Å². The SMILES string of the molecule is O=C(O)c1ccc2nc(CC3CC=C(c4cccc(OCc5ccc(Cl)c6cc(F)oc56)c4)CC3)n(C[C@@H]3CCO3)c2c1. The third-order valence-electron chi connectivity index (χ3n) is 8.53. The van der Waals surface area contributed by atoms with Crippen molar-refractivity contribution in [2.75, 3.05) is 6.61 Å². The van der Waals surface area contributed by atoms with Crippen molar-refractivity contribution in [3.63, 3.8) is 0 Å². The van der Waals surface area contributed by atoms with Crippen molar-refractivity contribution in [1.82, 2.24) is 9.55 Å². The zero-order valence-corrected chi connectivity index (χ0v) is 24.1. The van der Waals surface area contributed by atoms with Gasteiger partial charge in [0.25, 0.3) is 6.01 Å². The number of carboxylic acid groups (broad SMARTS) is 1. The molecule has 2 atom stereocenters. The molecule has 1 aliphatic carbocycles. The van der Waals surface area contributed by atoms with E-state index in [9.17, 15) is 14.3 Å². The van der Waals surface area contributed by atoms with Crippen molar-refractivity contribution in [3.8, 4) is 5.75 Å². The molecular formula is C34H30ClFN2O5. The van der Waals surface area contributed by atoms with Crippen LogP contribution in [0.5, 0.6) is 5.75 Å². The maximum atomic E-state index is 13.7. The Balaban J connectivity index is 1.05. The van der Waals surface area contributed by atoms with E-state index in [-0.39, 0.29) is 18.3 Å². The van der Waals surface area contributed by atoms with E-state index in [1.54, 1.807) is 30.3 Å². The average molecular weight is 601 g/mol. The van der Waals surface area contributed by atoms with Crippen LogP contribution in [-0.2, 0) is 24.3 Å². The molecule has 3 heterocycles. The highest BCUT2D eigenvalue weighted by Crippen LogP contribution is 2.35. The molecule has 5 aromatic rings. The number of benzene rings is 3. The molecule has 1 unspecified atom stereocenters. The third-order valence-corrected chi connectivity index (χ3v) is 8.86. The Labute approximate surface area is 252 Å². The number of aromatic carboxylic acids is 1. The molecule has 43 heavy (non-hydrogen) atoms. The molecule has 1 fully saturated rings. The number of halogens is 2. The first kappa shape index (κ1) is 27.7. The molecule has 7 nitrogen and oxygen atoms in total. The highest BCUT2D eigenvalue weighted by molar-refractivity contribution is 6.35. The van der Waals surface area contributed by atoms with E-state index >= 15 is 0 Å². The normalized spacial score (nSPS) is 18.5. The van der Waals surface area contributed by atoms with Crippen molar-refractivity contribution in [2.24, 2.45) is 5.92 Å². The van der Waals surface area contributed by atoms with Gasteiger partial charge in [0.1, 0.15) is 23.8 Å². The Bertz CT molecular complexity index is 1870. The fourth-order valence-corrected chi connectivity index (χ4v) is 6.27. The zero-order chi connectivity index (χ0) is 29.5. The Morgan fingerprint density at radius 1 is 1.14 bits per heavy atom. The van der Waals surface area contributed by atoms with Crippen LogP contribution in [-0.4, -0.2) is 33.3 Å². The van der Waals surface area contributed by atoms with Crippen LogP contribution in [0.3, 0.4) is 0 Å². The van der Waals surface area contributed by atoms with Gasteiger partial charge in [-0.25, -0.2) is 9.78 Å². The lowest BCUT2D eigenvalue weighted by molar-refractivity contribution is -0.0590. The van der Waals surface area contributed by atoms with Gasteiger partial charge in [-0.1, -0.05) is 35.9 Å². The van der Waals surface area contributed by atoms with Gasteiger partial charge in [-0.3, -0.25) is 0 Å². The first-order chi connectivity index (χ1) is 20.9. The molecule has 2 aromatic heterocycles. The highest BCUT2D eigenvalue weighted by atomic mass is 35.5. The molecule has 220 valence electrons. The summed E-state index contributed by atoms with van der Waals surface area (Å²) in [6.45, 7) is 1.68. The second-order valence-electron chi connectivity index (χ2n) is 11.3. The minimum Gasteiger partial charge on any atom is -0.489 e. The number of furan rings is 1. The fraction of sp³-hybridized carbons (Fsp3) is 0.294. The van der Waals surface area contributed by atoms with E-state index in [0.717, 1.165) is 72.4 Å². The van der Waals surface area contributed by atoms with Crippen molar-refractivity contribution in [3.05, 3.63) is 100 Å². The summed E-state index contributed by atoms with van der Waals surface area (Å²) in [5.74, 6) is 1.20. The van der Waals surface area contributed by atoms with Crippen molar-refractivity contribution >= 4 is 45.1 Å². The molecule has 7 rings (SSSR count). The van der Waals surface area contributed by atoms with Gasteiger partial charge in [0, 0.05) is 30.0 Å². The number of ether oxygens (including phenoxy) is 2. The fourth-order valence-electron chi connectivity index (χ4n) is 6.07. The lowest BCUT2D eigenvalue weighted by atomic mass is 9.84. The Kier molecular flexibility index (Phi) is 7.41. The number of hydrogen-bond acceptors (Lipinski definition) is 5. The van der Waals surface area contributed by atoms with E-state index in [0.29, 0.717) is 28.5 Å². The molecular weight excluding hydrogens is 571 g/mol. The second kappa shape index (κ2) is 11.5. The average Bonchev–Trinajstić information content (AvgIpc) is 3.55. The molecule has 1 saturated heterocycles. The second-order valence-corrected chi connectivity index (χ2v) is 11.7. The van der Waals surface area contributed by atoms with Crippen LogP contribution in [0.25, 0.3) is 27.6 Å². The topological polar surface area (TPSA) is 86.7 Å². The van der Waals surface area contributed by atoms with Gasteiger partial charge < -0.3 is 23.6 Å². The highest BCUT2D eigenvalue weighted by Gasteiger charge is 2.25. The van der Waals surface area contributed by atoms with Crippen LogP contribution in [0.1, 0.15) is 53.0 Å². The predicted molar refractivity (Wildman–Crippen MR) is 162 cm³/mol. The number of nitrogens with zero attached hydrogens (tertiary/aromatic N) is 2. The predicted octanol–water partition coefficient (Wildman–Crippen LogP) is 8.07. The number of aromatic nitrogens is 2. The summed E-state index contributed by atoms with van der Waals surface area (Å²) >= 11 is 6.19. The van der Waals surface area contributed by atoms with Gasteiger partial charge in [0.05, 0.1) is 34.3 Å². The standard InChI is InChI=1S/C34H30ClFN2O5/c35-28-10-8-24(33-27(28)17-31(36)43-33)19-42-25-3-1-2-22(15-25)21-6-4-20(5-7-21)14-32-37-29-11-9-23(34(39)40)16-30(29)38(32)18-26-12-13-41-26/h1-3,6,8-11,15-17,20,26H,4-5,7,12-14,18-19H2,(H,39,40)/t20?,26-/m0/s1. The smallest absolute Gasteiger partial charge is 0.335 e. The monoisotopic (exact) mass is 600 g/mol. The maximum Gasteiger partial charge on any atom is 0.335 e. The molecule has 9 heteroatoms. The summed E-state index contributed by atoms with van der Waals surface area (Å²) in [4.78, 5) is 16.5. The molecule has 2 aliphatic rings. The number of hydrogen-bond donors (Lipinski definition) is 1. The number of imidazole rings is 1. The molecule has 0 amide bonds. The number of rotatable bonds is 9. The van der Waals surface area contributed by atoms with E-state index < -0.39 is 12.0 Å². The molecule has 0 radical (unpaired) electrons. The third kappa shape index (κ3) is 5.65. The summed E-state index contributed by atoms with van der Waals surface area (Å²) in [5, 5.41) is 10.5. The lowest BCUT2D eigenvalue weighted by Crippen LogP contribution is -2.32. The number of carboxylic acids is 1. The van der Waals surface area contributed by atoms with Crippen LogP contribution in [0.15, 0.2) is 71.2 Å². The van der Waals surface area contributed by atoms with Crippen molar-refractivity contribution < 1.29 is 28.2 Å². The molecule has 0 saturated carbocycles. The van der Waals surface area contributed by atoms with Gasteiger partial charge in [-0.05, 0) is 79.1 Å². The van der Waals surface area contributed by atoms with E-state index in [1.165, 1.54) is 11.6 Å². The first-order valence-corrected chi connectivity index (χ1v) is 14.9. The Morgan fingerprint density at radius 2 is 2.02 bits per heavy atom. The summed E-state index contributed by atoms with van der Waals surface area (Å²) in [5.41, 5.74) is 5.47. The van der Waals surface area contributed by atoms with Gasteiger partial charge in [0.15, 0.2) is 0 Å². The minimum atomic E-state index is -0.939. The molecule has 1 aliphatic heterocycles. The number of fused-ring (bicyclic) bond motifs is 2. The van der Waals surface area contributed by atoms with Gasteiger partial charge in [-0.15, -0.1) is 0 Å². The Morgan fingerprint density at radius 3 is 2.79 bits per heavy atom. The molecule has 0 spiro atoms. The summed E-state index contributed by atoms with van der Waals surface area (Å²) in [6.07, 6.45) is 7.16. The number of carbonyl (C=O) groups is 1. The summed E-state index contributed by atoms with van der Waals surface area (Å²) in [7, 11) is 0. The molecule has 0 bridgehead atoms. The van der Waals surface area contributed by atoms with Crippen LogP contribution in [0.2, 0.25) is 5.02 Å². The van der Waals surface area contributed by atoms with E-state index in [2.05, 4.69) is 16.7 Å². The summed E-state index contributed by atoms with van der Waals surface area (Å²) < 4.78 is 32.9. The molecule has 3 aromatic carbocycles.